The standard InChI is InChI=1S/C15H14F2N2O/c16-12-2-1-3-13(17)14(12)15(20)19-11-6-4-10(5-7-11)8-9-18/h1-7H,8-9,18H2,(H,19,20). The Morgan fingerprint density at radius 2 is 1.65 bits per heavy atom. The van der Waals surface area contributed by atoms with E-state index in [1.807, 2.05) is 0 Å². The lowest BCUT2D eigenvalue weighted by atomic mass is 10.1. The first-order valence-electron chi connectivity index (χ1n) is 6.16. The summed E-state index contributed by atoms with van der Waals surface area (Å²) in [5.74, 6) is -2.59. The van der Waals surface area contributed by atoms with Gasteiger partial charge in [-0.1, -0.05) is 18.2 Å². The molecule has 0 spiro atoms. The van der Waals surface area contributed by atoms with E-state index in [1.54, 1.807) is 24.3 Å². The first-order valence-corrected chi connectivity index (χ1v) is 6.16. The summed E-state index contributed by atoms with van der Waals surface area (Å²) in [5.41, 5.74) is 6.35. The van der Waals surface area contributed by atoms with Crippen LogP contribution in [0, 0.1) is 11.6 Å². The van der Waals surface area contributed by atoms with E-state index in [9.17, 15) is 13.6 Å². The lowest BCUT2D eigenvalue weighted by Gasteiger charge is -2.08. The summed E-state index contributed by atoms with van der Waals surface area (Å²) in [5, 5.41) is 2.46. The Bertz CT molecular complexity index is 592. The summed E-state index contributed by atoms with van der Waals surface area (Å²) in [6.45, 7) is 0.534. The summed E-state index contributed by atoms with van der Waals surface area (Å²) >= 11 is 0. The second-order valence-corrected chi connectivity index (χ2v) is 4.29. The van der Waals surface area contributed by atoms with E-state index in [0.717, 1.165) is 24.1 Å². The molecule has 20 heavy (non-hydrogen) atoms. The van der Waals surface area contributed by atoms with Crippen LogP contribution in [0.15, 0.2) is 42.5 Å². The highest BCUT2D eigenvalue weighted by Gasteiger charge is 2.16. The van der Waals surface area contributed by atoms with Crippen molar-refractivity contribution >= 4 is 11.6 Å². The van der Waals surface area contributed by atoms with Gasteiger partial charge in [-0.15, -0.1) is 0 Å². The number of benzene rings is 2. The van der Waals surface area contributed by atoms with Gasteiger partial charge in [0.25, 0.3) is 5.91 Å². The van der Waals surface area contributed by atoms with Gasteiger partial charge >= 0.3 is 0 Å². The van der Waals surface area contributed by atoms with Crippen LogP contribution in [0.25, 0.3) is 0 Å². The van der Waals surface area contributed by atoms with E-state index in [-0.39, 0.29) is 0 Å². The maximum Gasteiger partial charge on any atom is 0.261 e. The molecule has 3 nitrogen and oxygen atoms in total. The average molecular weight is 276 g/mol. The van der Waals surface area contributed by atoms with Crippen LogP contribution in [0.2, 0.25) is 0 Å². The fraction of sp³-hybridized carbons (Fsp3) is 0.133. The van der Waals surface area contributed by atoms with Crippen molar-refractivity contribution in [3.63, 3.8) is 0 Å². The minimum Gasteiger partial charge on any atom is -0.330 e. The number of nitrogens with one attached hydrogen (secondary N) is 1. The Morgan fingerprint density at radius 1 is 1.05 bits per heavy atom. The third-order valence-corrected chi connectivity index (χ3v) is 2.83. The number of halogens is 2. The van der Waals surface area contributed by atoms with Crippen molar-refractivity contribution in [1.82, 2.24) is 0 Å². The average Bonchev–Trinajstić information content (AvgIpc) is 2.41. The molecule has 3 N–H and O–H groups in total. The predicted octanol–water partition coefficient (Wildman–Crippen LogP) is 2.72. The van der Waals surface area contributed by atoms with Gasteiger partial charge in [-0.25, -0.2) is 8.78 Å². The SMILES string of the molecule is NCCc1ccc(NC(=O)c2c(F)cccc2F)cc1. The van der Waals surface area contributed by atoms with Crippen LogP contribution in [0.4, 0.5) is 14.5 Å². The highest BCUT2D eigenvalue weighted by molar-refractivity contribution is 6.04. The first kappa shape index (κ1) is 14.1. The molecule has 0 radical (unpaired) electrons. The number of rotatable bonds is 4. The third-order valence-electron chi connectivity index (χ3n) is 2.83. The van der Waals surface area contributed by atoms with E-state index in [4.69, 9.17) is 5.73 Å². The largest absolute Gasteiger partial charge is 0.330 e. The fourth-order valence-electron chi connectivity index (χ4n) is 1.83. The van der Waals surface area contributed by atoms with Crippen LogP contribution < -0.4 is 11.1 Å². The summed E-state index contributed by atoms with van der Waals surface area (Å²) in [6.07, 6.45) is 0.732. The molecule has 0 aliphatic heterocycles. The lowest BCUT2D eigenvalue weighted by Crippen LogP contribution is -2.15. The highest BCUT2D eigenvalue weighted by Crippen LogP contribution is 2.16. The van der Waals surface area contributed by atoms with E-state index >= 15 is 0 Å². The van der Waals surface area contributed by atoms with Crippen molar-refractivity contribution in [2.45, 2.75) is 6.42 Å². The number of hydrogen-bond donors (Lipinski definition) is 2. The molecule has 0 fully saturated rings. The number of anilines is 1. The van der Waals surface area contributed by atoms with Crippen LogP contribution in [0.3, 0.4) is 0 Å². The summed E-state index contributed by atoms with van der Waals surface area (Å²) < 4.78 is 26.9. The molecular formula is C15H14F2N2O. The van der Waals surface area contributed by atoms with Gasteiger partial charge in [0.05, 0.1) is 0 Å². The molecule has 0 aliphatic carbocycles. The third kappa shape index (κ3) is 3.19. The van der Waals surface area contributed by atoms with Crippen molar-refractivity contribution < 1.29 is 13.6 Å². The number of nitrogens with two attached hydrogens (primary N) is 1. The fourth-order valence-corrected chi connectivity index (χ4v) is 1.83. The molecule has 2 aromatic rings. The van der Waals surface area contributed by atoms with E-state index < -0.39 is 23.1 Å². The molecular weight excluding hydrogens is 262 g/mol. The Morgan fingerprint density at radius 3 is 2.20 bits per heavy atom. The van der Waals surface area contributed by atoms with Crippen LogP contribution in [-0.4, -0.2) is 12.5 Å². The molecule has 0 unspecified atom stereocenters. The van der Waals surface area contributed by atoms with Crippen molar-refractivity contribution in [2.75, 3.05) is 11.9 Å². The second kappa shape index (κ2) is 6.25. The molecule has 104 valence electrons. The van der Waals surface area contributed by atoms with E-state index in [1.165, 1.54) is 6.07 Å². The Hall–Kier alpha value is -2.27. The minimum atomic E-state index is -0.887. The molecule has 0 bridgehead atoms. The van der Waals surface area contributed by atoms with Gasteiger partial charge in [-0.05, 0) is 42.8 Å². The quantitative estimate of drug-likeness (QED) is 0.902. The molecule has 0 atom stereocenters. The Kier molecular flexibility index (Phi) is 4.42. The van der Waals surface area contributed by atoms with Gasteiger partial charge in [-0.3, -0.25) is 4.79 Å². The maximum atomic E-state index is 13.5. The van der Waals surface area contributed by atoms with Crippen LogP contribution in [0.5, 0.6) is 0 Å². The van der Waals surface area contributed by atoms with Gasteiger partial charge < -0.3 is 11.1 Å². The molecule has 0 heterocycles. The first-order chi connectivity index (χ1) is 9.61. The second-order valence-electron chi connectivity index (χ2n) is 4.29. The van der Waals surface area contributed by atoms with Crippen molar-refractivity contribution in [3.05, 3.63) is 65.2 Å². The van der Waals surface area contributed by atoms with Crippen LogP contribution in [0.1, 0.15) is 15.9 Å². The van der Waals surface area contributed by atoms with Crippen molar-refractivity contribution in [3.8, 4) is 0 Å². The van der Waals surface area contributed by atoms with Gasteiger partial charge in [-0.2, -0.15) is 0 Å². The smallest absolute Gasteiger partial charge is 0.261 e. The molecule has 0 saturated carbocycles. The van der Waals surface area contributed by atoms with E-state index in [0.29, 0.717) is 12.2 Å². The van der Waals surface area contributed by atoms with Crippen LogP contribution >= 0.6 is 0 Å². The maximum absolute atomic E-state index is 13.5. The molecule has 5 heteroatoms. The topological polar surface area (TPSA) is 55.1 Å². The Labute approximate surface area is 115 Å². The monoisotopic (exact) mass is 276 g/mol. The van der Waals surface area contributed by atoms with Gasteiger partial charge in [0.1, 0.15) is 17.2 Å². The zero-order valence-corrected chi connectivity index (χ0v) is 10.7. The summed E-state index contributed by atoms with van der Waals surface area (Å²) in [7, 11) is 0. The highest BCUT2D eigenvalue weighted by atomic mass is 19.1. The number of hydrogen-bond acceptors (Lipinski definition) is 2. The number of carbonyl (C=O) groups excluding carboxylic acids is 1. The predicted molar refractivity (Wildman–Crippen MR) is 73.5 cm³/mol. The molecule has 0 aliphatic rings. The molecule has 1 amide bonds. The van der Waals surface area contributed by atoms with Crippen molar-refractivity contribution in [1.29, 1.82) is 0 Å². The number of amides is 1. The summed E-state index contributed by atoms with van der Waals surface area (Å²) in [4.78, 5) is 11.9. The normalized spacial score (nSPS) is 10.3. The molecule has 2 rings (SSSR count). The van der Waals surface area contributed by atoms with Crippen molar-refractivity contribution in [2.24, 2.45) is 5.73 Å². The lowest BCUT2D eigenvalue weighted by molar-refractivity contribution is 0.101. The number of carbonyl (C=O) groups is 1. The Balaban J connectivity index is 2.15. The van der Waals surface area contributed by atoms with Crippen LogP contribution in [-0.2, 0) is 6.42 Å². The van der Waals surface area contributed by atoms with Gasteiger partial charge in [0.15, 0.2) is 0 Å². The molecule has 0 saturated heterocycles. The zero-order chi connectivity index (χ0) is 14.5. The van der Waals surface area contributed by atoms with Gasteiger partial charge in [0.2, 0.25) is 0 Å². The molecule has 0 aromatic heterocycles. The summed E-state index contributed by atoms with van der Waals surface area (Å²) in [6, 6.07) is 10.2. The zero-order valence-electron chi connectivity index (χ0n) is 10.7. The van der Waals surface area contributed by atoms with E-state index in [2.05, 4.69) is 5.32 Å². The molecule has 2 aromatic carbocycles. The minimum absolute atomic E-state index is 0.471. The van der Waals surface area contributed by atoms with Gasteiger partial charge in [0, 0.05) is 5.69 Å².